The Bertz CT molecular complexity index is 1450. The molecule has 0 aliphatic carbocycles. The number of esters is 3. The topological polar surface area (TPSA) is 112 Å². The molecule has 1 aromatic rings. The van der Waals surface area contributed by atoms with Gasteiger partial charge in [0.05, 0.1) is 39.0 Å². The first-order chi connectivity index (χ1) is 38.1. The number of ether oxygens (including phenoxy) is 4. The Kier molecular flexibility index (Phi) is 51.9. The molecule has 9 nitrogen and oxygen atoms in total. The van der Waals surface area contributed by atoms with Gasteiger partial charge in [-0.3, -0.25) is 19.3 Å². The van der Waals surface area contributed by atoms with Crippen LogP contribution in [0.4, 0.5) is 0 Å². The lowest BCUT2D eigenvalue weighted by Crippen LogP contribution is -2.39. The van der Waals surface area contributed by atoms with Gasteiger partial charge in [-0.15, -0.1) is 0 Å². The van der Waals surface area contributed by atoms with Gasteiger partial charge in [0.1, 0.15) is 6.10 Å². The highest BCUT2D eigenvalue weighted by molar-refractivity contribution is 5.77. The summed E-state index contributed by atoms with van der Waals surface area (Å²) < 4.78 is 23.6. The summed E-state index contributed by atoms with van der Waals surface area (Å²) in [7, 11) is 0. The fourth-order valence-electron chi connectivity index (χ4n) is 11.0. The molecule has 0 aliphatic rings. The standard InChI is InChI=1S/C69H127NO8/c1-7-10-13-16-19-22-23-24-27-30-34-39-56-76-67(72)47-41-43-65(44-42-48-68(73)78-66(45-36-31-28-25-20-17-14-11-8-2)46-37-32-29-26-21-18-15-12-9-3)70(54-58-75-59-55-71)53-38-33-35-40-57-77-69(74)62(6)64-51-49-63(50-52-64)60-61(4)5/h49-52,61-62,65-66,71H,7-48,53-60H2,1-6H3. The molecule has 0 aromatic heterocycles. The number of benzene rings is 1. The highest BCUT2D eigenvalue weighted by Gasteiger charge is 2.22. The van der Waals surface area contributed by atoms with Gasteiger partial charge in [0.2, 0.25) is 0 Å². The van der Waals surface area contributed by atoms with Crippen molar-refractivity contribution < 1.29 is 38.4 Å². The van der Waals surface area contributed by atoms with Crippen LogP contribution in [0, 0.1) is 5.92 Å². The molecule has 1 N–H and O–H groups in total. The molecule has 9 heteroatoms. The minimum atomic E-state index is -0.296. The van der Waals surface area contributed by atoms with Crippen molar-refractivity contribution in [3.63, 3.8) is 0 Å². The Morgan fingerprint density at radius 3 is 1.33 bits per heavy atom. The summed E-state index contributed by atoms with van der Waals surface area (Å²) in [6.45, 7) is 16.5. The van der Waals surface area contributed by atoms with Gasteiger partial charge < -0.3 is 24.1 Å². The van der Waals surface area contributed by atoms with Crippen LogP contribution in [0.5, 0.6) is 0 Å². The van der Waals surface area contributed by atoms with Crippen LogP contribution in [0.2, 0.25) is 0 Å². The van der Waals surface area contributed by atoms with E-state index in [9.17, 15) is 19.5 Å². The highest BCUT2D eigenvalue weighted by atomic mass is 16.5. The first-order valence-electron chi connectivity index (χ1n) is 33.7. The number of nitrogens with zero attached hydrogens (tertiary/aromatic N) is 1. The summed E-state index contributed by atoms with van der Waals surface area (Å²) in [5.41, 5.74) is 2.28. The summed E-state index contributed by atoms with van der Waals surface area (Å²) in [5.74, 6) is -0.0609. The number of carbonyl (C=O) groups is 3. The molecule has 2 atom stereocenters. The van der Waals surface area contributed by atoms with Crippen molar-refractivity contribution in [2.45, 2.75) is 336 Å². The monoisotopic (exact) mass is 1100 g/mol. The van der Waals surface area contributed by atoms with E-state index in [1.54, 1.807) is 0 Å². The Morgan fingerprint density at radius 1 is 0.449 bits per heavy atom. The normalized spacial score (nSPS) is 12.5. The van der Waals surface area contributed by atoms with Crippen LogP contribution in [0.25, 0.3) is 0 Å². The molecule has 0 fully saturated rings. The van der Waals surface area contributed by atoms with Crippen LogP contribution in [0.15, 0.2) is 24.3 Å². The predicted octanol–water partition coefficient (Wildman–Crippen LogP) is 19.1. The van der Waals surface area contributed by atoms with Crippen molar-refractivity contribution in [3.8, 4) is 0 Å². The maximum atomic E-state index is 13.7. The number of carbonyl (C=O) groups excluding carboxylic acids is 3. The Balaban J connectivity index is 2.86. The molecule has 0 heterocycles. The average Bonchev–Trinajstić information content (AvgIpc) is 3.43. The molecule has 0 aliphatic heterocycles. The van der Waals surface area contributed by atoms with Crippen LogP contribution in [0.1, 0.15) is 328 Å². The lowest BCUT2D eigenvalue weighted by atomic mass is 9.97. The second kappa shape index (κ2) is 55.1. The number of aliphatic hydroxyl groups is 1. The van der Waals surface area contributed by atoms with E-state index in [0.29, 0.717) is 51.7 Å². The molecule has 0 amide bonds. The van der Waals surface area contributed by atoms with Crippen molar-refractivity contribution in [1.82, 2.24) is 4.90 Å². The van der Waals surface area contributed by atoms with Crippen LogP contribution < -0.4 is 0 Å². The summed E-state index contributed by atoms with van der Waals surface area (Å²) in [6.07, 6.45) is 49.2. The van der Waals surface area contributed by atoms with Gasteiger partial charge in [-0.1, -0.05) is 245 Å². The fraction of sp³-hybridized carbons (Fsp3) is 0.870. The maximum Gasteiger partial charge on any atom is 0.313 e. The van der Waals surface area contributed by atoms with E-state index in [1.807, 2.05) is 6.92 Å². The minimum Gasteiger partial charge on any atom is -0.466 e. The Labute approximate surface area is 482 Å². The van der Waals surface area contributed by atoms with Crippen LogP contribution in [-0.2, 0) is 39.8 Å². The third kappa shape index (κ3) is 45.2. The van der Waals surface area contributed by atoms with E-state index in [4.69, 9.17) is 18.9 Å². The molecule has 2 unspecified atom stereocenters. The zero-order valence-corrected chi connectivity index (χ0v) is 52.2. The molecule has 0 bridgehead atoms. The quantitative estimate of drug-likeness (QED) is 0.0387. The Morgan fingerprint density at radius 2 is 0.872 bits per heavy atom. The first kappa shape index (κ1) is 73.5. The molecule has 1 rings (SSSR count). The van der Waals surface area contributed by atoms with E-state index in [-0.39, 0.29) is 42.6 Å². The largest absolute Gasteiger partial charge is 0.466 e. The zero-order chi connectivity index (χ0) is 56.8. The number of hydrogen-bond donors (Lipinski definition) is 1. The van der Waals surface area contributed by atoms with Gasteiger partial charge in [-0.2, -0.15) is 0 Å². The van der Waals surface area contributed by atoms with Crippen molar-refractivity contribution in [2.75, 3.05) is 46.1 Å². The summed E-state index contributed by atoms with van der Waals surface area (Å²) in [5, 5.41) is 9.49. The van der Waals surface area contributed by atoms with Gasteiger partial charge in [0, 0.05) is 25.4 Å². The van der Waals surface area contributed by atoms with Gasteiger partial charge in [-0.25, -0.2) is 0 Å². The van der Waals surface area contributed by atoms with Crippen LogP contribution in [0.3, 0.4) is 0 Å². The SMILES string of the molecule is CCCCCCCCCCCCCCOC(=O)CCCC(CCCC(=O)OC(CCCCCCCCCCC)CCCCCCCCCCC)N(CCCCCCOC(=O)C(C)c1ccc(CC(C)C)cc1)CCOCCO. The average molecular weight is 1100 g/mol. The minimum absolute atomic E-state index is 0.00206. The van der Waals surface area contributed by atoms with Gasteiger partial charge in [0.15, 0.2) is 0 Å². The van der Waals surface area contributed by atoms with Gasteiger partial charge >= 0.3 is 17.9 Å². The molecule has 0 spiro atoms. The van der Waals surface area contributed by atoms with Crippen LogP contribution >= 0.6 is 0 Å². The third-order valence-electron chi connectivity index (χ3n) is 16.0. The lowest BCUT2D eigenvalue weighted by molar-refractivity contribution is -0.150. The van der Waals surface area contributed by atoms with E-state index < -0.39 is 0 Å². The van der Waals surface area contributed by atoms with Gasteiger partial charge in [0.25, 0.3) is 0 Å². The highest BCUT2D eigenvalue weighted by Crippen LogP contribution is 2.23. The fourth-order valence-corrected chi connectivity index (χ4v) is 11.0. The van der Waals surface area contributed by atoms with Gasteiger partial charge in [-0.05, 0) is 108 Å². The molecular weight excluding hydrogens is 971 g/mol. The van der Waals surface area contributed by atoms with Crippen molar-refractivity contribution in [3.05, 3.63) is 35.4 Å². The number of rotatable bonds is 59. The molecule has 1 aromatic carbocycles. The second-order valence-corrected chi connectivity index (χ2v) is 23.9. The second-order valence-electron chi connectivity index (χ2n) is 23.9. The maximum absolute atomic E-state index is 13.7. The smallest absolute Gasteiger partial charge is 0.313 e. The summed E-state index contributed by atoms with van der Waals surface area (Å²) in [6, 6.07) is 8.55. The predicted molar refractivity (Wildman–Crippen MR) is 329 cm³/mol. The van der Waals surface area contributed by atoms with Crippen molar-refractivity contribution in [2.24, 2.45) is 5.92 Å². The zero-order valence-electron chi connectivity index (χ0n) is 52.2. The first-order valence-corrected chi connectivity index (χ1v) is 33.7. The molecule has 0 radical (unpaired) electrons. The van der Waals surface area contributed by atoms with Crippen molar-refractivity contribution >= 4 is 17.9 Å². The molecule has 0 saturated heterocycles. The number of hydrogen-bond acceptors (Lipinski definition) is 9. The summed E-state index contributed by atoms with van der Waals surface area (Å²) >= 11 is 0. The molecular formula is C69H127NO8. The van der Waals surface area contributed by atoms with Crippen molar-refractivity contribution in [1.29, 1.82) is 0 Å². The third-order valence-corrected chi connectivity index (χ3v) is 16.0. The number of unbranched alkanes of at least 4 members (excludes halogenated alkanes) is 30. The Hall–Kier alpha value is -2.49. The molecule has 0 saturated carbocycles. The van der Waals surface area contributed by atoms with E-state index in [2.05, 4.69) is 63.8 Å². The molecule has 78 heavy (non-hydrogen) atoms. The summed E-state index contributed by atoms with van der Waals surface area (Å²) in [4.78, 5) is 42.1. The lowest BCUT2D eigenvalue weighted by Gasteiger charge is -2.32. The molecule has 456 valence electrons. The van der Waals surface area contributed by atoms with E-state index in [0.717, 1.165) is 108 Å². The van der Waals surface area contributed by atoms with Crippen LogP contribution in [-0.4, -0.2) is 86.2 Å². The number of aliphatic hydroxyl groups excluding tert-OH is 1. The van der Waals surface area contributed by atoms with E-state index >= 15 is 0 Å². The van der Waals surface area contributed by atoms with E-state index in [1.165, 1.54) is 173 Å².